The third kappa shape index (κ3) is 3.51. The highest BCUT2D eigenvalue weighted by Crippen LogP contribution is 2.10. The molecule has 0 spiro atoms. The normalized spacial score (nSPS) is 13.9. The maximum Gasteiger partial charge on any atom is 0.326 e. The molecule has 0 radical (unpaired) electrons. The quantitative estimate of drug-likeness (QED) is 0.609. The van der Waals surface area contributed by atoms with Gasteiger partial charge in [-0.15, -0.1) is 6.58 Å². The van der Waals surface area contributed by atoms with Crippen LogP contribution in [0.4, 0.5) is 0 Å². The van der Waals surface area contributed by atoms with E-state index in [1.807, 2.05) is 30.3 Å². The molecule has 1 aromatic rings. The second kappa shape index (κ2) is 5.47. The van der Waals surface area contributed by atoms with Crippen LogP contribution in [0.1, 0.15) is 18.9 Å². The van der Waals surface area contributed by atoms with Crippen LogP contribution in [-0.4, -0.2) is 11.5 Å². The molecule has 0 saturated carbocycles. The second-order valence-corrected chi connectivity index (χ2v) is 3.97. The first kappa shape index (κ1) is 12.5. The van der Waals surface area contributed by atoms with E-state index in [4.69, 9.17) is 10.5 Å². The molecule has 0 aliphatic carbocycles. The summed E-state index contributed by atoms with van der Waals surface area (Å²) in [5.74, 6) is -0.406. The van der Waals surface area contributed by atoms with Gasteiger partial charge in [0.2, 0.25) is 0 Å². The van der Waals surface area contributed by atoms with Gasteiger partial charge < -0.3 is 10.5 Å². The third-order valence-electron chi connectivity index (χ3n) is 2.25. The average molecular weight is 219 g/mol. The van der Waals surface area contributed by atoms with E-state index in [1.54, 1.807) is 13.0 Å². The number of hydrogen-bond donors (Lipinski definition) is 1. The van der Waals surface area contributed by atoms with Crippen molar-refractivity contribution < 1.29 is 9.53 Å². The lowest BCUT2D eigenvalue weighted by atomic mass is 10.00. The zero-order valence-electron chi connectivity index (χ0n) is 9.48. The zero-order chi connectivity index (χ0) is 12.0. The molecule has 3 nitrogen and oxygen atoms in total. The van der Waals surface area contributed by atoms with Gasteiger partial charge in [0.1, 0.15) is 12.1 Å². The number of esters is 1. The fourth-order valence-electron chi connectivity index (χ4n) is 1.27. The molecule has 1 aromatic carbocycles. The Bertz CT molecular complexity index is 357. The van der Waals surface area contributed by atoms with Gasteiger partial charge in [0.15, 0.2) is 0 Å². The molecule has 1 rings (SSSR count). The third-order valence-corrected chi connectivity index (χ3v) is 2.25. The minimum atomic E-state index is -0.990. The Morgan fingerprint density at radius 2 is 2.12 bits per heavy atom. The maximum absolute atomic E-state index is 11.6. The Kier molecular flexibility index (Phi) is 4.26. The highest BCUT2D eigenvalue weighted by atomic mass is 16.5. The SMILES string of the molecule is C=CC[C@](C)(N)C(=O)OCc1ccccc1. The Hall–Kier alpha value is -1.61. The largest absolute Gasteiger partial charge is 0.459 e. The van der Waals surface area contributed by atoms with Crippen LogP contribution < -0.4 is 5.73 Å². The molecule has 1 atom stereocenters. The lowest BCUT2D eigenvalue weighted by Crippen LogP contribution is -2.45. The van der Waals surface area contributed by atoms with E-state index in [1.165, 1.54) is 0 Å². The second-order valence-electron chi connectivity index (χ2n) is 3.97. The van der Waals surface area contributed by atoms with Crippen molar-refractivity contribution in [3.8, 4) is 0 Å². The topological polar surface area (TPSA) is 52.3 Å². The Morgan fingerprint density at radius 1 is 1.50 bits per heavy atom. The Balaban J connectivity index is 2.50. The minimum absolute atomic E-state index is 0.254. The van der Waals surface area contributed by atoms with Gasteiger partial charge in [0, 0.05) is 0 Å². The van der Waals surface area contributed by atoms with E-state index in [2.05, 4.69) is 6.58 Å². The van der Waals surface area contributed by atoms with Gasteiger partial charge in [0.05, 0.1) is 0 Å². The number of carbonyl (C=O) groups excluding carboxylic acids is 1. The standard InChI is InChI=1S/C13H17NO2/c1-3-9-13(2,14)12(15)16-10-11-7-5-4-6-8-11/h3-8H,1,9-10,14H2,2H3/t13-/m0/s1. The molecule has 0 aromatic heterocycles. The fourth-order valence-corrected chi connectivity index (χ4v) is 1.27. The van der Waals surface area contributed by atoms with Crippen LogP contribution in [0.15, 0.2) is 43.0 Å². The monoisotopic (exact) mass is 219 g/mol. The minimum Gasteiger partial charge on any atom is -0.459 e. The molecule has 0 aliphatic rings. The van der Waals surface area contributed by atoms with E-state index >= 15 is 0 Å². The summed E-state index contributed by atoms with van der Waals surface area (Å²) in [6.07, 6.45) is 2.02. The molecule has 0 fully saturated rings. The molecule has 0 unspecified atom stereocenters. The summed E-state index contributed by atoms with van der Waals surface area (Å²) in [6, 6.07) is 9.50. The number of nitrogens with two attached hydrogens (primary N) is 1. The molecular weight excluding hydrogens is 202 g/mol. The van der Waals surface area contributed by atoms with Crippen molar-refractivity contribution in [3.63, 3.8) is 0 Å². The summed E-state index contributed by atoms with van der Waals surface area (Å²) in [4.78, 5) is 11.6. The summed E-state index contributed by atoms with van der Waals surface area (Å²) in [5.41, 5.74) is 5.75. The predicted molar refractivity (Wildman–Crippen MR) is 63.6 cm³/mol. The number of carbonyl (C=O) groups is 1. The van der Waals surface area contributed by atoms with Gasteiger partial charge >= 0.3 is 5.97 Å². The first-order valence-corrected chi connectivity index (χ1v) is 5.17. The maximum atomic E-state index is 11.6. The van der Waals surface area contributed by atoms with Crippen LogP contribution >= 0.6 is 0 Å². The molecular formula is C13H17NO2. The number of rotatable bonds is 5. The van der Waals surface area contributed by atoms with Crippen molar-refractivity contribution in [2.45, 2.75) is 25.5 Å². The fraction of sp³-hybridized carbons (Fsp3) is 0.308. The molecule has 86 valence electrons. The van der Waals surface area contributed by atoms with Gasteiger partial charge in [-0.05, 0) is 18.9 Å². The molecule has 0 amide bonds. The molecule has 0 heterocycles. The summed E-state index contributed by atoms with van der Waals surface area (Å²) >= 11 is 0. The van der Waals surface area contributed by atoms with E-state index in [-0.39, 0.29) is 6.61 Å². The van der Waals surface area contributed by atoms with Crippen LogP contribution in [-0.2, 0) is 16.1 Å². The lowest BCUT2D eigenvalue weighted by Gasteiger charge is -2.20. The Morgan fingerprint density at radius 3 is 2.69 bits per heavy atom. The van der Waals surface area contributed by atoms with E-state index in [9.17, 15) is 4.79 Å². The summed E-state index contributed by atoms with van der Waals surface area (Å²) in [6.45, 7) is 5.45. The first-order chi connectivity index (χ1) is 7.56. The van der Waals surface area contributed by atoms with Gasteiger partial charge in [0.25, 0.3) is 0 Å². The Labute approximate surface area is 95.9 Å². The number of hydrogen-bond acceptors (Lipinski definition) is 3. The highest BCUT2D eigenvalue weighted by Gasteiger charge is 2.28. The van der Waals surface area contributed by atoms with Crippen LogP contribution in [0.2, 0.25) is 0 Å². The summed E-state index contributed by atoms with van der Waals surface area (Å²) in [5, 5.41) is 0. The van der Waals surface area contributed by atoms with Gasteiger partial charge in [-0.3, -0.25) is 4.79 Å². The average Bonchev–Trinajstić information content (AvgIpc) is 2.27. The summed E-state index contributed by atoms with van der Waals surface area (Å²) < 4.78 is 5.13. The first-order valence-electron chi connectivity index (χ1n) is 5.17. The summed E-state index contributed by atoms with van der Waals surface area (Å²) in [7, 11) is 0. The van der Waals surface area contributed by atoms with E-state index in [0.29, 0.717) is 6.42 Å². The molecule has 2 N–H and O–H groups in total. The zero-order valence-corrected chi connectivity index (χ0v) is 9.48. The molecule has 0 bridgehead atoms. The number of ether oxygens (including phenoxy) is 1. The van der Waals surface area contributed by atoms with E-state index < -0.39 is 11.5 Å². The number of benzene rings is 1. The van der Waals surface area contributed by atoms with Gasteiger partial charge in [-0.25, -0.2) is 0 Å². The smallest absolute Gasteiger partial charge is 0.326 e. The van der Waals surface area contributed by atoms with Crippen molar-refractivity contribution in [2.75, 3.05) is 0 Å². The van der Waals surface area contributed by atoms with Crippen molar-refractivity contribution in [2.24, 2.45) is 5.73 Å². The van der Waals surface area contributed by atoms with Crippen molar-refractivity contribution >= 4 is 5.97 Å². The molecule has 0 aliphatic heterocycles. The van der Waals surface area contributed by atoms with E-state index in [0.717, 1.165) is 5.56 Å². The molecule has 0 saturated heterocycles. The predicted octanol–water partition coefficient (Wildman–Crippen LogP) is 2.02. The highest BCUT2D eigenvalue weighted by molar-refractivity contribution is 5.80. The van der Waals surface area contributed by atoms with Gasteiger partial charge in [-0.2, -0.15) is 0 Å². The molecule has 16 heavy (non-hydrogen) atoms. The van der Waals surface area contributed by atoms with Gasteiger partial charge in [-0.1, -0.05) is 36.4 Å². The van der Waals surface area contributed by atoms with Crippen molar-refractivity contribution in [1.82, 2.24) is 0 Å². The van der Waals surface area contributed by atoms with Crippen LogP contribution in [0.25, 0.3) is 0 Å². The lowest BCUT2D eigenvalue weighted by molar-refractivity contribution is -0.150. The van der Waals surface area contributed by atoms with Crippen LogP contribution in [0, 0.1) is 0 Å². The molecule has 3 heteroatoms. The van der Waals surface area contributed by atoms with Crippen molar-refractivity contribution in [1.29, 1.82) is 0 Å². The van der Waals surface area contributed by atoms with Crippen molar-refractivity contribution in [3.05, 3.63) is 48.6 Å². The van der Waals surface area contributed by atoms with Crippen LogP contribution in [0.5, 0.6) is 0 Å². The van der Waals surface area contributed by atoms with Crippen LogP contribution in [0.3, 0.4) is 0 Å².